The van der Waals surface area contributed by atoms with Crippen LogP contribution in [0.3, 0.4) is 0 Å². The van der Waals surface area contributed by atoms with Crippen molar-refractivity contribution in [1.29, 1.82) is 0 Å². The fourth-order valence-corrected chi connectivity index (χ4v) is 3.32. The van der Waals surface area contributed by atoms with Gasteiger partial charge in [0.25, 0.3) is 5.91 Å². The van der Waals surface area contributed by atoms with Crippen molar-refractivity contribution in [3.63, 3.8) is 0 Å². The molecule has 1 amide bonds. The Hall–Kier alpha value is -2.95. The van der Waals surface area contributed by atoms with Gasteiger partial charge in [0.05, 0.1) is 11.3 Å². The molecule has 2 aliphatic rings. The van der Waals surface area contributed by atoms with Gasteiger partial charge in [-0.25, -0.2) is 4.39 Å². The van der Waals surface area contributed by atoms with E-state index in [1.807, 2.05) is 39.0 Å². The van der Waals surface area contributed by atoms with Crippen molar-refractivity contribution < 1.29 is 13.9 Å². The van der Waals surface area contributed by atoms with E-state index >= 15 is 0 Å². The molecule has 0 atom stereocenters. The van der Waals surface area contributed by atoms with Crippen LogP contribution in [0, 0.1) is 12.7 Å². The number of fused-ring (bicyclic) bond motifs is 1. The smallest absolute Gasteiger partial charge is 0.260 e. The Morgan fingerprint density at radius 1 is 1.20 bits per heavy atom. The summed E-state index contributed by atoms with van der Waals surface area (Å²) in [7, 11) is 0. The highest BCUT2D eigenvalue weighted by Gasteiger charge is 2.38. The zero-order valence-corrected chi connectivity index (χ0v) is 14.2. The minimum absolute atomic E-state index is 0.283. The maximum atomic E-state index is 13.4. The number of rotatable bonds is 1. The van der Waals surface area contributed by atoms with E-state index in [4.69, 9.17) is 4.74 Å². The van der Waals surface area contributed by atoms with Crippen molar-refractivity contribution in [2.24, 2.45) is 0 Å². The van der Waals surface area contributed by atoms with Gasteiger partial charge in [-0.1, -0.05) is 0 Å². The van der Waals surface area contributed by atoms with Gasteiger partial charge < -0.3 is 10.1 Å². The lowest BCUT2D eigenvalue weighted by atomic mass is 9.92. The van der Waals surface area contributed by atoms with Gasteiger partial charge >= 0.3 is 0 Å². The van der Waals surface area contributed by atoms with Gasteiger partial charge in [-0.05, 0) is 62.7 Å². The summed E-state index contributed by atoms with van der Waals surface area (Å²) in [5.41, 5.74) is 3.86. The largest absolute Gasteiger partial charge is 0.482 e. The molecule has 0 saturated heterocycles. The molecule has 0 saturated carbocycles. The molecular weight excluding hydrogens is 319 g/mol. The Morgan fingerprint density at radius 3 is 2.76 bits per heavy atom. The van der Waals surface area contributed by atoms with Gasteiger partial charge in [0.1, 0.15) is 17.2 Å². The summed E-state index contributed by atoms with van der Waals surface area (Å²) in [4.78, 5) is 16.7. The van der Waals surface area contributed by atoms with E-state index in [2.05, 4.69) is 10.3 Å². The van der Waals surface area contributed by atoms with Crippen LogP contribution in [-0.4, -0.2) is 16.5 Å². The van der Waals surface area contributed by atoms with E-state index in [1.165, 1.54) is 12.1 Å². The van der Waals surface area contributed by atoms with Crippen LogP contribution in [0.25, 0.3) is 11.1 Å². The van der Waals surface area contributed by atoms with Crippen molar-refractivity contribution in [1.82, 2.24) is 4.98 Å². The number of halogens is 1. The fraction of sp³-hybridized carbons (Fsp3) is 0.200. The van der Waals surface area contributed by atoms with Gasteiger partial charge in [0.2, 0.25) is 0 Å². The molecule has 0 radical (unpaired) electrons. The Kier molecular flexibility index (Phi) is 3.29. The molecule has 25 heavy (non-hydrogen) atoms. The monoisotopic (exact) mass is 336 g/mol. The number of hydrogen-bond acceptors (Lipinski definition) is 3. The summed E-state index contributed by atoms with van der Waals surface area (Å²) in [5, 5.41) is 2.70. The number of carbonyl (C=O) groups is 1. The zero-order valence-electron chi connectivity index (χ0n) is 14.2. The molecule has 1 N–H and O–H groups in total. The first kappa shape index (κ1) is 15.6. The Morgan fingerprint density at radius 2 is 2.00 bits per heavy atom. The van der Waals surface area contributed by atoms with Crippen molar-refractivity contribution >= 4 is 22.7 Å². The van der Waals surface area contributed by atoms with Crippen molar-refractivity contribution in [3.05, 3.63) is 71.0 Å². The molecule has 5 heteroatoms. The number of benzene rings is 1. The minimum atomic E-state index is -0.584. The third-order valence-electron chi connectivity index (χ3n) is 4.47. The average Bonchev–Trinajstić information content (AvgIpc) is 3.02. The van der Waals surface area contributed by atoms with Gasteiger partial charge in [-0.2, -0.15) is 0 Å². The molecule has 2 aliphatic heterocycles. The van der Waals surface area contributed by atoms with Gasteiger partial charge in [0.15, 0.2) is 0 Å². The van der Waals surface area contributed by atoms with E-state index in [1.54, 1.807) is 12.3 Å². The summed E-state index contributed by atoms with van der Waals surface area (Å²) in [5.74, 6) is -0.173. The SMILES string of the molecule is Cc1cc(C2=C/C(=C3\C(=O)Nc4cc(F)ccc43)OC2(C)C)ccn1. The summed E-state index contributed by atoms with van der Waals surface area (Å²) in [6.45, 7) is 5.85. The lowest BCUT2D eigenvalue weighted by Gasteiger charge is -2.23. The number of pyridine rings is 1. The minimum Gasteiger partial charge on any atom is -0.482 e. The number of allylic oxidation sites excluding steroid dienone is 1. The number of amides is 1. The molecule has 1 aromatic carbocycles. The van der Waals surface area contributed by atoms with Crippen LogP contribution in [0.4, 0.5) is 10.1 Å². The standard InChI is InChI=1S/C20H17FN2O2/c1-11-8-12(6-7-22-11)15-10-17(25-20(15,2)3)18-14-5-4-13(21)9-16(14)23-19(18)24/h4-10H,1-3H3,(H,23,24)/b18-17+. The first-order chi connectivity index (χ1) is 11.8. The second-order valence-corrected chi connectivity index (χ2v) is 6.74. The molecule has 0 unspecified atom stereocenters. The second kappa shape index (κ2) is 5.28. The molecule has 3 heterocycles. The summed E-state index contributed by atoms with van der Waals surface area (Å²) in [6, 6.07) is 8.18. The Balaban J connectivity index is 1.88. The van der Waals surface area contributed by atoms with E-state index < -0.39 is 5.60 Å². The molecule has 4 rings (SSSR count). The first-order valence-corrected chi connectivity index (χ1v) is 8.05. The zero-order chi connectivity index (χ0) is 17.8. The number of nitrogens with one attached hydrogen (secondary N) is 1. The quantitative estimate of drug-likeness (QED) is 0.798. The topological polar surface area (TPSA) is 51.2 Å². The van der Waals surface area contributed by atoms with Gasteiger partial charge in [0, 0.05) is 23.0 Å². The van der Waals surface area contributed by atoms with Crippen LogP contribution in [-0.2, 0) is 9.53 Å². The van der Waals surface area contributed by atoms with Crippen LogP contribution in [0.2, 0.25) is 0 Å². The average molecular weight is 336 g/mol. The predicted molar refractivity (Wildman–Crippen MR) is 94.1 cm³/mol. The van der Waals surface area contributed by atoms with Crippen molar-refractivity contribution in [2.45, 2.75) is 26.4 Å². The number of hydrogen-bond donors (Lipinski definition) is 1. The molecule has 0 aliphatic carbocycles. The number of carbonyl (C=O) groups excluding carboxylic acids is 1. The lowest BCUT2D eigenvalue weighted by Crippen LogP contribution is -2.21. The molecule has 4 nitrogen and oxygen atoms in total. The highest BCUT2D eigenvalue weighted by atomic mass is 19.1. The third-order valence-corrected chi connectivity index (χ3v) is 4.47. The molecule has 2 aromatic rings. The number of nitrogens with zero attached hydrogens (tertiary/aromatic N) is 1. The molecule has 0 fully saturated rings. The molecular formula is C20H17FN2O2. The van der Waals surface area contributed by atoms with E-state index in [-0.39, 0.29) is 11.7 Å². The molecule has 126 valence electrons. The maximum Gasteiger partial charge on any atom is 0.260 e. The van der Waals surface area contributed by atoms with Crippen molar-refractivity contribution in [3.8, 4) is 0 Å². The van der Waals surface area contributed by atoms with Crippen LogP contribution in [0.15, 0.2) is 48.4 Å². The van der Waals surface area contributed by atoms with Gasteiger partial charge in [-0.15, -0.1) is 0 Å². The van der Waals surface area contributed by atoms with E-state index in [9.17, 15) is 9.18 Å². The summed E-state index contributed by atoms with van der Waals surface area (Å²) >= 11 is 0. The predicted octanol–water partition coefficient (Wildman–Crippen LogP) is 4.08. The number of anilines is 1. The summed E-state index contributed by atoms with van der Waals surface area (Å²) < 4.78 is 19.5. The van der Waals surface area contributed by atoms with Crippen LogP contribution < -0.4 is 5.32 Å². The normalized spacial score (nSPS) is 20.8. The number of ether oxygens (including phenoxy) is 1. The Bertz CT molecular complexity index is 973. The Labute approximate surface area is 145 Å². The summed E-state index contributed by atoms with van der Waals surface area (Å²) in [6.07, 6.45) is 3.65. The van der Waals surface area contributed by atoms with Crippen LogP contribution in [0.5, 0.6) is 0 Å². The highest BCUT2D eigenvalue weighted by Crippen LogP contribution is 2.44. The third kappa shape index (κ3) is 2.52. The van der Waals surface area contributed by atoms with Gasteiger partial charge in [-0.3, -0.25) is 9.78 Å². The molecule has 0 spiro atoms. The van der Waals surface area contributed by atoms with Crippen LogP contribution in [0.1, 0.15) is 30.7 Å². The van der Waals surface area contributed by atoms with E-state index in [0.29, 0.717) is 22.6 Å². The highest BCUT2D eigenvalue weighted by molar-refractivity contribution is 6.32. The molecule has 1 aromatic heterocycles. The molecule has 0 bridgehead atoms. The number of aromatic nitrogens is 1. The first-order valence-electron chi connectivity index (χ1n) is 8.05. The van der Waals surface area contributed by atoms with Crippen LogP contribution >= 0.6 is 0 Å². The number of aryl methyl sites for hydroxylation is 1. The maximum absolute atomic E-state index is 13.4. The van der Waals surface area contributed by atoms with Crippen molar-refractivity contribution in [2.75, 3.05) is 5.32 Å². The fourth-order valence-electron chi connectivity index (χ4n) is 3.32. The van der Waals surface area contributed by atoms with E-state index in [0.717, 1.165) is 16.8 Å². The lowest BCUT2D eigenvalue weighted by molar-refractivity contribution is -0.111. The second-order valence-electron chi connectivity index (χ2n) is 6.74.